The number of carbonyl (C=O) groups excluding carboxylic acids is 1. The average Bonchev–Trinajstić information content (AvgIpc) is 2.44. The Hall–Kier alpha value is -1.80. The standard InChI is InChI=1S/C18H19ClO2/c1-10-9-11(2)13(4)16(12(10)3)18(20)17-14(19)7-6-8-15(17)21-5/h6-9H,1-5H3. The third-order valence-corrected chi connectivity index (χ3v) is 4.33. The third-order valence-electron chi connectivity index (χ3n) is 4.02. The minimum Gasteiger partial charge on any atom is -0.496 e. The van der Waals surface area contributed by atoms with E-state index in [-0.39, 0.29) is 5.78 Å². The van der Waals surface area contributed by atoms with Gasteiger partial charge in [-0.05, 0) is 62.1 Å². The zero-order valence-electron chi connectivity index (χ0n) is 13.0. The zero-order chi connectivity index (χ0) is 15.7. The first-order valence-electron chi connectivity index (χ1n) is 6.83. The van der Waals surface area contributed by atoms with E-state index in [1.54, 1.807) is 25.3 Å². The molecular formula is C18H19ClO2. The predicted molar refractivity (Wildman–Crippen MR) is 86.8 cm³/mol. The van der Waals surface area contributed by atoms with Gasteiger partial charge in [-0.25, -0.2) is 0 Å². The Morgan fingerprint density at radius 2 is 1.57 bits per heavy atom. The molecule has 0 spiro atoms. The maximum atomic E-state index is 13.0. The van der Waals surface area contributed by atoms with Gasteiger partial charge in [-0.1, -0.05) is 23.7 Å². The zero-order valence-corrected chi connectivity index (χ0v) is 13.8. The molecule has 3 heteroatoms. The normalized spacial score (nSPS) is 10.6. The van der Waals surface area contributed by atoms with Crippen molar-refractivity contribution in [1.29, 1.82) is 0 Å². The maximum Gasteiger partial charge on any atom is 0.198 e. The van der Waals surface area contributed by atoms with Crippen LogP contribution in [0.2, 0.25) is 5.02 Å². The molecule has 0 fully saturated rings. The molecule has 0 aliphatic rings. The SMILES string of the molecule is COc1cccc(Cl)c1C(=O)c1c(C)c(C)cc(C)c1C. The van der Waals surface area contributed by atoms with Crippen molar-refractivity contribution in [1.82, 2.24) is 0 Å². The predicted octanol–water partition coefficient (Wildman–Crippen LogP) is 4.81. The van der Waals surface area contributed by atoms with Crippen LogP contribution in [0.5, 0.6) is 5.75 Å². The number of hydrogen-bond acceptors (Lipinski definition) is 2. The molecule has 0 bridgehead atoms. The molecule has 2 aromatic carbocycles. The van der Waals surface area contributed by atoms with Gasteiger partial charge >= 0.3 is 0 Å². The largest absolute Gasteiger partial charge is 0.496 e. The van der Waals surface area contributed by atoms with Crippen LogP contribution in [0.15, 0.2) is 24.3 Å². The topological polar surface area (TPSA) is 26.3 Å². The van der Waals surface area contributed by atoms with Crippen LogP contribution < -0.4 is 4.74 Å². The van der Waals surface area contributed by atoms with Crippen molar-refractivity contribution in [2.24, 2.45) is 0 Å². The van der Waals surface area contributed by atoms with Gasteiger partial charge in [0.25, 0.3) is 0 Å². The molecule has 0 amide bonds. The van der Waals surface area contributed by atoms with Gasteiger partial charge in [0.05, 0.1) is 17.7 Å². The molecule has 0 N–H and O–H groups in total. The van der Waals surface area contributed by atoms with E-state index in [1.165, 1.54) is 0 Å². The molecule has 0 radical (unpaired) electrons. The molecule has 0 saturated carbocycles. The maximum absolute atomic E-state index is 13.0. The van der Waals surface area contributed by atoms with Gasteiger partial charge in [-0.15, -0.1) is 0 Å². The Morgan fingerprint density at radius 3 is 2.10 bits per heavy atom. The fourth-order valence-corrected chi connectivity index (χ4v) is 2.83. The first-order valence-corrected chi connectivity index (χ1v) is 7.20. The Morgan fingerprint density at radius 1 is 1.00 bits per heavy atom. The van der Waals surface area contributed by atoms with E-state index < -0.39 is 0 Å². The summed E-state index contributed by atoms with van der Waals surface area (Å²) in [4.78, 5) is 13.0. The van der Waals surface area contributed by atoms with Gasteiger partial charge in [-0.3, -0.25) is 4.79 Å². The van der Waals surface area contributed by atoms with Crippen LogP contribution in [0.1, 0.15) is 38.2 Å². The van der Waals surface area contributed by atoms with E-state index >= 15 is 0 Å². The van der Waals surface area contributed by atoms with Gasteiger partial charge in [0, 0.05) is 5.56 Å². The van der Waals surface area contributed by atoms with Gasteiger partial charge < -0.3 is 4.74 Å². The van der Waals surface area contributed by atoms with Crippen LogP contribution in [-0.2, 0) is 0 Å². The second-order valence-electron chi connectivity index (χ2n) is 5.28. The van der Waals surface area contributed by atoms with E-state index in [0.717, 1.165) is 27.8 Å². The van der Waals surface area contributed by atoms with Crippen LogP contribution in [0.4, 0.5) is 0 Å². The summed E-state index contributed by atoms with van der Waals surface area (Å²) >= 11 is 6.24. The number of rotatable bonds is 3. The van der Waals surface area contributed by atoms with Crippen LogP contribution in [0, 0.1) is 27.7 Å². The third kappa shape index (κ3) is 2.68. The lowest BCUT2D eigenvalue weighted by Crippen LogP contribution is -2.11. The van der Waals surface area contributed by atoms with Gasteiger partial charge in [-0.2, -0.15) is 0 Å². The van der Waals surface area contributed by atoms with Crippen molar-refractivity contribution in [3.63, 3.8) is 0 Å². The van der Waals surface area contributed by atoms with E-state index in [2.05, 4.69) is 6.07 Å². The van der Waals surface area contributed by atoms with Crippen molar-refractivity contribution >= 4 is 17.4 Å². The second-order valence-corrected chi connectivity index (χ2v) is 5.69. The molecule has 2 nitrogen and oxygen atoms in total. The monoisotopic (exact) mass is 302 g/mol. The highest BCUT2D eigenvalue weighted by molar-refractivity contribution is 6.35. The molecule has 21 heavy (non-hydrogen) atoms. The summed E-state index contributed by atoms with van der Waals surface area (Å²) in [6.45, 7) is 7.97. The Labute approximate surface area is 130 Å². The number of aryl methyl sites for hydroxylation is 2. The highest BCUT2D eigenvalue weighted by Gasteiger charge is 2.22. The van der Waals surface area contributed by atoms with Crippen LogP contribution in [0.25, 0.3) is 0 Å². The molecule has 0 atom stereocenters. The Kier molecular flexibility index (Phi) is 4.38. The molecular weight excluding hydrogens is 284 g/mol. The molecule has 2 aromatic rings. The average molecular weight is 303 g/mol. The van der Waals surface area contributed by atoms with Gasteiger partial charge in [0.15, 0.2) is 5.78 Å². The summed E-state index contributed by atoms with van der Waals surface area (Å²) in [5.74, 6) is 0.421. The minimum absolute atomic E-state index is 0.0840. The van der Waals surface area contributed by atoms with Crippen molar-refractivity contribution in [2.75, 3.05) is 7.11 Å². The Balaban J connectivity index is 2.72. The lowest BCUT2D eigenvalue weighted by Gasteiger charge is -2.16. The summed E-state index contributed by atoms with van der Waals surface area (Å²) in [5, 5.41) is 0.414. The second kappa shape index (κ2) is 5.90. The van der Waals surface area contributed by atoms with Crippen molar-refractivity contribution in [3.05, 3.63) is 62.7 Å². The van der Waals surface area contributed by atoms with Crippen LogP contribution in [-0.4, -0.2) is 12.9 Å². The van der Waals surface area contributed by atoms with Gasteiger partial charge in [0.2, 0.25) is 0 Å². The summed E-state index contributed by atoms with van der Waals surface area (Å²) in [6.07, 6.45) is 0. The lowest BCUT2D eigenvalue weighted by molar-refractivity contribution is 0.103. The molecule has 0 heterocycles. The number of ketones is 1. The lowest BCUT2D eigenvalue weighted by atomic mass is 9.89. The fraction of sp³-hybridized carbons (Fsp3) is 0.278. The van der Waals surface area contributed by atoms with Crippen molar-refractivity contribution < 1.29 is 9.53 Å². The van der Waals surface area contributed by atoms with Crippen LogP contribution in [0.3, 0.4) is 0 Å². The van der Waals surface area contributed by atoms with Crippen molar-refractivity contribution in [3.8, 4) is 5.75 Å². The summed E-state index contributed by atoms with van der Waals surface area (Å²) < 4.78 is 5.30. The number of benzene rings is 2. The van der Waals surface area contributed by atoms with Gasteiger partial charge in [0.1, 0.15) is 5.75 Å². The minimum atomic E-state index is -0.0840. The Bertz CT molecular complexity index is 691. The van der Waals surface area contributed by atoms with E-state index in [9.17, 15) is 4.79 Å². The highest BCUT2D eigenvalue weighted by atomic mass is 35.5. The number of ether oxygens (including phenoxy) is 1. The number of methoxy groups -OCH3 is 1. The highest BCUT2D eigenvalue weighted by Crippen LogP contribution is 2.32. The first-order chi connectivity index (χ1) is 9.88. The van der Waals surface area contributed by atoms with E-state index in [0.29, 0.717) is 16.3 Å². The molecule has 110 valence electrons. The quantitative estimate of drug-likeness (QED) is 0.760. The molecule has 2 rings (SSSR count). The first kappa shape index (κ1) is 15.6. The molecule has 0 unspecified atom stereocenters. The fourth-order valence-electron chi connectivity index (χ4n) is 2.58. The smallest absolute Gasteiger partial charge is 0.198 e. The molecule has 0 aliphatic heterocycles. The summed E-state index contributed by atoms with van der Waals surface area (Å²) in [5.41, 5.74) is 5.34. The number of halogens is 1. The van der Waals surface area contributed by atoms with E-state index in [4.69, 9.17) is 16.3 Å². The summed E-state index contributed by atoms with van der Waals surface area (Å²) in [7, 11) is 1.55. The molecule has 0 aliphatic carbocycles. The van der Waals surface area contributed by atoms with Crippen molar-refractivity contribution in [2.45, 2.75) is 27.7 Å². The number of hydrogen-bond donors (Lipinski definition) is 0. The molecule has 0 aromatic heterocycles. The van der Waals surface area contributed by atoms with Crippen LogP contribution >= 0.6 is 11.6 Å². The number of carbonyl (C=O) groups is 1. The summed E-state index contributed by atoms with van der Waals surface area (Å²) in [6, 6.07) is 7.35. The molecule has 0 saturated heterocycles. The van der Waals surface area contributed by atoms with E-state index in [1.807, 2.05) is 27.7 Å².